The van der Waals surface area contributed by atoms with Crippen LogP contribution in [0.25, 0.3) is 16.9 Å². The van der Waals surface area contributed by atoms with Crippen molar-refractivity contribution in [3.63, 3.8) is 0 Å². The summed E-state index contributed by atoms with van der Waals surface area (Å²) in [6.45, 7) is 0. The SMILES string of the molecule is Fc1cc(Cl)c(-n2c(CCl)nc3cc(Br)cnc32)c(Br)c1. The van der Waals surface area contributed by atoms with E-state index in [1.165, 1.54) is 12.1 Å². The molecule has 0 amide bonds. The van der Waals surface area contributed by atoms with Gasteiger partial charge in [0.2, 0.25) is 0 Å². The molecule has 2 heterocycles. The summed E-state index contributed by atoms with van der Waals surface area (Å²) in [6.07, 6.45) is 1.66. The van der Waals surface area contributed by atoms with E-state index in [-0.39, 0.29) is 10.9 Å². The summed E-state index contributed by atoms with van der Waals surface area (Å²) >= 11 is 18.8. The molecule has 8 heteroatoms. The van der Waals surface area contributed by atoms with Crippen LogP contribution in [-0.4, -0.2) is 14.5 Å². The van der Waals surface area contributed by atoms with Crippen LogP contribution >= 0.6 is 55.1 Å². The number of aromatic nitrogens is 3. The lowest BCUT2D eigenvalue weighted by Gasteiger charge is -2.11. The zero-order chi connectivity index (χ0) is 15.1. The molecule has 21 heavy (non-hydrogen) atoms. The van der Waals surface area contributed by atoms with Gasteiger partial charge in [0.1, 0.15) is 17.2 Å². The first-order valence-corrected chi connectivity index (χ1v) is 8.25. The van der Waals surface area contributed by atoms with Crippen LogP contribution in [0, 0.1) is 5.82 Å². The minimum Gasteiger partial charge on any atom is -0.277 e. The third kappa shape index (κ3) is 2.70. The average Bonchev–Trinajstić information content (AvgIpc) is 2.75. The Hall–Kier alpha value is -0.690. The number of rotatable bonds is 2. The van der Waals surface area contributed by atoms with E-state index in [1.807, 2.05) is 6.07 Å². The van der Waals surface area contributed by atoms with E-state index in [9.17, 15) is 4.39 Å². The summed E-state index contributed by atoms with van der Waals surface area (Å²) in [5, 5.41) is 0.247. The third-order valence-electron chi connectivity index (χ3n) is 2.86. The predicted molar refractivity (Wildman–Crippen MR) is 88.8 cm³/mol. The van der Waals surface area contributed by atoms with E-state index < -0.39 is 5.82 Å². The fraction of sp³-hybridized carbons (Fsp3) is 0.0769. The standard InChI is InChI=1S/C13H6Br2Cl2FN3/c14-6-1-10-13(19-5-6)21(11(4-16)20-10)12-8(15)2-7(18)3-9(12)17/h1-3,5H,4H2. The van der Waals surface area contributed by atoms with E-state index in [0.29, 0.717) is 27.1 Å². The van der Waals surface area contributed by atoms with Gasteiger partial charge < -0.3 is 0 Å². The second-order valence-electron chi connectivity index (χ2n) is 4.21. The van der Waals surface area contributed by atoms with Gasteiger partial charge >= 0.3 is 0 Å². The molecule has 0 N–H and O–H groups in total. The first kappa shape index (κ1) is 15.2. The van der Waals surface area contributed by atoms with Crippen molar-refractivity contribution in [2.24, 2.45) is 0 Å². The molecule has 3 rings (SSSR count). The van der Waals surface area contributed by atoms with Crippen LogP contribution in [0.1, 0.15) is 5.82 Å². The molecule has 0 radical (unpaired) electrons. The van der Waals surface area contributed by atoms with Gasteiger partial charge in [0.15, 0.2) is 5.65 Å². The summed E-state index contributed by atoms with van der Waals surface area (Å²) in [5.74, 6) is 0.323. The van der Waals surface area contributed by atoms with E-state index in [2.05, 4.69) is 41.8 Å². The molecule has 0 saturated heterocycles. The van der Waals surface area contributed by atoms with Crippen molar-refractivity contribution in [1.29, 1.82) is 0 Å². The van der Waals surface area contributed by atoms with E-state index in [4.69, 9.17) is 23.2 Å². The average molecular weight is 454 g/mol. The number of fused-ring (bicyclic) bond motifs is 1. The highest BCUT2D eigenvalue weighted by atomic mass is 79.9. The number of nitrogens with zero attached hydrogens (tertiary/aromatic N) is 3. The molecule has 0 aliphatic rings. The van der Waals surface area contributed by atoms with Crippen molar-refractivity contribution in [1.82, 2.24) is 14.5 Å². The van der Waals surface area contributed by atoms with Crippen LogP contribution < -0.4 is 0 Å². The second-order valence-corrected chi connectivity index (χ2v) is 6.66. The second kappa shape index (κ2) is 5.83. The van der Waals surface area contributed by atoms with Crippen LogP contribution in [0.15, 0.2) is 33.3 Å². The summed E-state index contributed by atoms with van der Waals surface area (Å²) in [7, 11) is 0. The number of hydrogen-bond donors (Lipinski definition) is 0. The van der Waals surface area contributed by atoms with Gasteiger partial charge in [0, 0.05) is 15.1 Å². The number of hydrogen-bond acceptors (Lipinski definition) is 2. The Labute approximate surface area is 146 Å². The molecule has 0 saturated carbocycles. The molecule has 1 aromatic carbocycles. The summed E-state index contributed by atoms with van der Waals surface area (Å²) in [4.78, 5) is 8.79. The fourth-order valence-electron chi connectivity index (χ4n) is 2.06. The summed E-state index contributed by atoms with van der Waals surface area (Å²) in [5.41, 5.74) is 1.83. The number of pyridine rings is 1. The summed E-state index contributed by atoms with van der Waals surface area (Å²) in [6, 6.07) is 4.41. The minimum atomic E-state index is -0.428. The number of benzene rings is 1. The van der Waals surface area contributed by atoms with Gasteiger partial charge in [-0.25, -0.2) is 14.4 Å². The first-order valence-electron chi connectivity index (χ1n) is 5.75. The van der Waals surface area contributed by atoms with Crippen molar-refractivity contribution < 1.29 is 4.39 Å². The Bertz CT molecular complexity index is 828. The largest absolute Gasteiger partial charge is 0.277 e. The molecule has 0 aliphatic carbocycles. The summed E-state index contributed by atoms with van der Waals surface area (Å²) < 4.78 is 16.4. The molecule has 3 aromatic rings. The Morgan fingerprint density at radius 1 is 1.24 bits per heavy atom. The van der Waals surface area contributed by atoms with Crippen molar-refractivity contribution in [3.8, 4) is 5.69 Å². The molecule has 3 nitrogen and oxygen atoms in total. The molecule has 0 bridgehead atoms. The third-order valence-corrected chi connectivity index (χ3v) is 4.42. The van der Waals surface area contributed by atoms with Crippen molar-refractivity contribution >= 4 is 66.2 Å². The van der Waals surface area contributed by atoms with Crippen LogP contribution in [0.4, 0.5) is 4.39 Å². The predicted octanol–water partition coefficient (Wildman–Crippen LogP) is 5.48. The molecule has 108 valence electrons. The molecule has 0 fully saturated rings. The van der Waals surface area contributed by atoms with Gasteiger partial charge in [-0.3, -0.25) is 4.57 Å². The van der Waals surface area contributed by atoms with Crippen LogP contribution in [0.2, 0.25) is 5.02 Å². The van der Waals surface area contributed by atoms with E-state index >= 15 is 0 Å². The normalized spacial score (nSPS) is 11.3. The van der Waals surface area contributed by atoms with Crippen molar-refractivity contribution in [3.05, 3.63) is 50.0 Å². The molecular weight excluding hydrogens is 448 g/mol. The lowest BCUT2D eigenvalue weighted by atomic mass is 10.3. The Balaban J connectivity index is 2.39. The molecule has 0 unspecified atom stereocenters. The molecule has 0 spiro atoms. The van der Waals surface area contributed by atoms with Crippen molar-refractivity contribution in [2.45, 2.75) is 5.88 Å². The Morgan fingerprint density at radius 3 is 2.67 bits per heavy atom. The van der Waals surface area contributed by atoms with Gasteiger partial charge in [-0.1, -0.05) is 11.6 Å². The molecule has 2 aromatic heterocycles. The van der Waals surface area contributed by atoms with E-state index in [1.54, 1.807) is 10.8 Å². The maximum atomic E-state index is 13.4. The van der Waals surface area contributed by atoms with Crippen LogP contribution in [-0.2, 0) is 5.88 Å². The quantitative estimate of drug-likeness (QED) is 0.481. The first-order chi connectivity index (χ1) is 10.0. The monoisotopic (exact) mass is 451 g/mol. The zero-order valence-electron chi connectivity index (χ0n) is 10.2. The molecular formula is C13H6Br2Cl2FN3. The van der Waals surface area contributed by atoms with Gasteiger partial charge in [-0.2, -0.15) is 0 Å². The van der Waals surface area contributed by atoms with Gasteiger partial charge in [0.05, 0.1) is 16.6 Å². The zero-order valence-corrected chi connectivity index (χ0v) is 14.9. The number of halogens is 5. The topological polar surface area (TPSA) is 30.7 Å². The Kier molecular flexibility index (Phi) is 4.23. The Morgan fingerprint density at radius 2 is 2.00 bits per heavy atom. The lowest BCUT2D eigenvalue weighted by molar-refractivity contribution is 0.626. The van der Waals surface area contributed by atoms with E-state index in [0.717, 1.165) is 4.47 Å². The smallest absolute Gasteiger partial charge is 0.164 e. The highest BCUT2D eigenvalue weighted by Crippen LogP contribution is 2.34. The highest BCUT2D eigenvalue weighted by molar-refractivity contribution is 9.10. The minimum absolute atomic E-state index is 0.175. The van der Waals surface area contributed by atoms with Crippen molar-refractivity contribution in [2.75, 3.05) is 0 Å². The van der Waals surface area contributed by atoms with Gasteiger partial charge in [-0.05, 0) is 50.1 Å². The molecule has 0 aliphatic heterocycles. The molecule has 0 atom stereocenters. The highest BCUT2D eigenvalue weighted by Gasteiger charge is 2.18. The lowest BCUT2D eigenvalue weighted by Crippen LogP contribution is -2.03. The van der Waals surface area contributed by atoms with Gasteiger partial charge in [0.25, 0.3) is 0 Å². The number of imidazole rings is 1. The number of alkyl halides is 1. The fourth-order valence-corrected chi connectivity index (χ4v) is 3.57. The van der Waals surface area contributed by atoms with Crippen LogP contribution in [0.5, 0.6) is 0 Å². The van der Waals surface area contributed by atoms with Crippen LogP contribution in [0.3, 0.4) is 0 Å². The maximum absolute atomic E-state index is 13.4. The maximum Gasteiger partial charge on any atom is 0.164 e. The van der Waals surface area contributed by atoms with Gasteiger partial charge in [-0.15, -0.1) is 11.6 Å².